The molecule has 0 aliphatic carbocycles. The van der Waals surface area contributed by atoms with Gasteiger partial charge in [0.05, 0.1) is 30.4 Å². The van der Waals surface area contributed by atoms with Crippen LogP contribution in [0.25, 0.3) is 22.6 Å². The van der Waals surface area contributed by atoms with E-state index in [-0.39, 0.29) is 18.2 Å². The minimum atomic E-state index is -4.83. The summed E-state index contributed by atoms with van der Waals surface area (Å²) in [6.45, 7) is 2.86. The molecule has 0 bridgehead atoms. The van der Waals surface area contributed by atoms with E-state index in [2.05, 4.69) is 20.7 Å². The summed E-state index contributed by atoms with van der Waals surface area (Å²) >= 11 is 0. The topological polar surface area (TPSA) is 104 Å². The van der Waals surface area contributed by atoms with Gasteiger partial charge in [-0.2, -0.15) is 18.3 Å². The summed E-state index contributed by atoms with van der Waals surface area (Å²) in [6.07, 6.45) is -2.32. The molecule has 35 heavy (non-hydrogen) atoms. The molecule has 4 aromatic rings. The van der Waals surface area contributed by atoms with Crippen LogP contribution >= 0.6 is 0 Å². The summed E-state index contributed by atoms with van der Waals surface area (Å²) in [7, 11) is 0. The van der Waals surface area contributed by atoms with E-state index in [1.165, 1.54) is 30.7 Å². The van der Waals surface area contributed by atoms with Gasteiger partial charge in [0.25, 0.3) is 0 Å². The first-order chi connectivity index (χ1) is 16.7. The summed E-state index contributed by atoms with van der Waals surface area (Å²) in [6, 6.07) is 13.0. The van der Waals surface area contributed by atoms with Gasteiger partial charge in [-0.05, 0) is 43.3 Å². The monoisotopic (exact) mass is 484 g/mol. The van der Waals surface area contributed by atoms with E-state index in [0.29, 0.717) is 21.8 Å². The second kappa shape index (κ2) is 9.41. The first-order valence-electron chi connectivity index (χ1n) is 10.4. The molecule has 0 atom stereocenters. The number of nitrogens with one attached hydrogen (secondary N) is 1. The van der Waals surface area contributed by atoms with Crippen LogP contribution in [0.2, 0.25) is 0 Å². The Bertz CT molecular complexity index is 1360. The molecule has 180 valence electrons. The van der Waals surface area contributed by atoms with Crippen LogP contribution < -0.4 is 5.32 Å². The van der Waals surface area contributed by atoms with Gasteiger partial charge in [-0.3, -0.25) is 4.79 Å². The van der Waals surface area contributed by atoms with Crippen molar-refractivity contribution in [1.82, 2.24) is 24.8 Å². The lowest BCUT2D eigenvalue weighted by atomic mass is 10.1. The number of esters is 1. The van der Waals surface area contributed by atoms with Gasteiger partial charge in [0.1, 0.15) is 11.3 Å². The van der Waals surface area contributed by atoms with Crippen LogP contribution in [0.5, 0.6) is 0 Å². The Balaban J connectivity index is 1.59. The number of hydrogen-bond acceptors (Lipinski definition) is 6. The third-order valence-corrected chi connectivity index (χ3v) is 4.89. The van der Waals surface area contributed by atoms with Gasteiger partial charge < -0.3 is 10.1 Å². The quantitative estimate of drug-likeness (QED) is 0.410. The Morgan fingerprint density at radius 1 is 1.03 bits per heavy atom. The molecule has 0 aliphatic heterocycles. The normalized spacial score (nSPS) is 11.3. The Kier molecular flexibility index (Phi) is 6.36. The van der Waals surface area contributed by atoms with Gasteiger partial charge >= 0.3 is 12.1 Å². The molecule has 1 N–H and O–H groups in total. The maximum atomic E-state index is 13.7. The van der Waals surface area contributed by atoms with Gasteiger partial charge in [0, 0.05) is 18.2 Å². The van der Waals surface area contributed by atoms with Crippen LogP contribution in [0.15, 0.2) is 60.9 Å². The van der Waals surface area contributed by atoms with Crippen molar-refractivity contribution in [3.63, 3.8) is 0 Å². The largest absolute Gasteiger partial charge is 0.462 e. The van der Waals surface area contributed by atoms with Crippen molar-refractivity contribution in [2.24, 2.45) is 0 Å². The SMILES string of the molecule is CCOC(=O)c1cnn(-c2ccc(-n3cc(-c4ccc(NC(C)=O)cc4)nn3)cc2)c1C(F)(F)F. The third-order valence-electron chi connectivity index (χ3n) is 4.89. The van der Waals surface area contributed by atoms with Crippen LogP contribution in [-0.4, -0.2) is 43.3 Å². The second-order valence-electron chi connectivity index (χ2n) is 7.36. The first-order valence-corrected chi connectivity index (χ1v) is 10.4. The maximum absolute atomic E-state index is 13.7. The highest BCUT2D eigenvalue weighted by molar-refractivity contribution is 5.91. The predicted octanol–water partition coefficient (Wildman–Crippen LogP) is 4.27. The molecule has 0 saturated heterocycles. The number of nitrogens with zero attached hydrogens (tertiary/aromatic N) is 5. The lowest BCUT2D eigenvalue weighted by Gasteiger charge is -2.12. The zero-order chi connectivity index (χ0) is 25.2. The standard InChI is InChI=1S/C23H19F3N6O3/c1-3-35-22(34)19-12-27-32(21(19)23(24,25)26)18-10-8-17(9-11-18)31-13-20(29-30-31)15-4-6-16(7-5-15)28-14(2)33/h4-13H,3H2,1-2H3,(H,28,33). The number of carbonyl (C=O) groups excluding carboxylic acids is 2. The highest BCUT2D eigenvalue weighted by Crippen LogP contribution is 2.34. The van der Waals surface area contributed by atoms with Crippen LogP contribution in [0.1, 0.15) is 29.9 Å². The molecule has 0 saturated carbocycles. The van der Waals surface area contributed by atoms with Crippen molar-refractivity contribution in [3.8, 4) is 22.6 Å². The fraction of sp³-hybridized carbons (Fsp3) is 0.174. The molecule has 0 spiro atoms. The molecule has 0 unspecified atom stereocenters. The molecular weight excluding hydrogens is 465 g/mol. The number of ether oxygens (including phenoxy) is 1. The van der Waals surface area contributed by atoms with E-state index in [4.69, 9.17) is 4.74 Å². The molecular formula is C23H19F3N6O3. The summed E-state index contributed by atoms with van der Waals surface area (Å²) in [5.74, 6) is -1.27. The molecule has 2 aromatic heterocycles. The van der Waals surface area contributed by atoms with Gasteiger partial charge in [0.15, 0.2) is 5.69 Å². The summed E-state index contributed by atoms with van der Waals surface area (Å²) in [4.78, 5) is 23.1. The predicted molar refractivity (Wildman–Crippen MR) is 119 cm³/mol. The Morgan fingerprint density at radius 3 is 2.29 bits per heavy atom. The van der Waals surface area contributed by atoms with Gasteiger partial charge in [0.2, 0.25) is 5.91 Å². The molecule has 2 heterocycles. The first kappa shape index (κ1) is 23.7. The zero-order valence-electron chi connectivity index (χ0n) is 18.6. The second-order valence-corrected chi connectivity index (χ2v) is 7.36. The summed E-state index contributed by atoms with van der Waals surface area (Å²) < 4.78 is 48.0. The zero-order valence-corrected chi connectivity index (χ0v) is 18.6. The van der Waals surface area contributed by atoms with E-state index >= 15 is 0 Å². The molecule has 4 rings (SSSR count). The van der Waals surface area contributed by atoms with Gasteiger partial charge in [-0.15, -0.1) is 5.10 Å². The van der Waals surface area contributed by atoms with Crippen molar-refractivity contribution < 1.29 is 27.5 Å². The van der Waals surface area contributed by atoms with Crippen molar-refractivity contribution >= 4 is 17.6 Å². The Hall–Kier alpha value is -4.48. The Labute approximate surface area is 197 Å². The van der Waals surface area contributed by atoms with Crippen molar-refractivity contribution in [3.05, 3.63) is 72.2 Å². The van der Waals surface area contributed by atoms with Crippen LogP contribution in [0, 0.1) is 0 Å². The molecule has 0 aliphatic rings. The number of amides is 1. The number of anilines is 1. The van der Waals surface area contributed by atoms with Gasteiger partial charge in [-0.25, -0.2) is 14.2 Å². The van der Waals surface area contributed by atoms with E-state index in [1.54, 1.807) is 42.6 Å². The van der Waals surface area contributed by atoms with E-state index in [1.807, 2.05) is 0 Å². The number of rotatable bonds is 6. The van der Waals surface area contributed by atoms with Crippen molar-refractivity contribution in [1.29, 1.82) is 0 Å². The third kappa shape index (κ3) is 5.05. The lowest BCUT2D eigenvalue weighted by molar-refractivity contribution is -0.143. The van der Waals surface area contributed by atoms with Crippen LogP contribution in [0.4, 0.5) is 18.9 Å². The molecule has 0 fully saturated rings. The van der Waals surface area contributed by atoms with Crippen LogP contribution in [-0.2, 0) is 15.7 Å². The number of hydrogen-bond donors (Lipinski definition) is 1. The fourth-order valence-electron chi connectivity index (χ4n) is 3.37. The molecule has 2 aromatic carbocycles. The molecule has 0 radical (unpaired) electrons. The van der Waals surface area contributed by atoms with E-state index in [9.17, 15) is 22.8 Å². The smallest absolute Gasteiger partial charge is 0.434 e. The van der Waals surface area contributed by atoms with E-state index in [0.717, 1.165) is 11.8 Å². The minimum absolute atomic E-state index is 0.0602. The summed E-state index contributed by atoms with van der Waals surface area (Å²) in [5, 5.41) is 14.6. The Morgan fingerprint density at radius 2 is 1.69 bits per heavy atom. The molecule has 9 nitrogen and oxygen atoms in total. The number of aromatic nitrogens is 5. The number of carbonyl (C=O) groups is 2. The number of alkyl halides is 3. The summed E-state index contributed by atoms with van der Waals surface area (Å²) in [5.41, 5.74) is 0.753. The highest BCUT2D eigenvalue weighted by Gasteiger charge is 2.41. The van der Waals surface area contributed by atoms with Gasteiger partial charge in [-0.1, -0.05) is 17.3 Å². The van der Waals surface area contributed by atoms with E-state index < -0.39 is 23.4 Å². The average Bonchev–Trinajstić information content (AvgIpc) is 3.47. The van der Waals surface area contributed by atoms with Crippen molar-refractivity contribution in [2.45, 2.75) is 20.0 Å². The molecule has 12 heteroatoms. The lowest BCUT2D eigenvalue weighted by Crippen LogP contribution is -2.18. The fourth-order valence-corrected chi connectivity index (χ4v) is 3.37. The van der Waals surface area contributed by atoms with Crippen molar-refractivity contribution in [2.75, 3.05) is 11.9 Å². The number of benzene rings is 2. The number of halogens is 3. The minimum Gasteiger partial charge on any atom is -0.462 e. The maximum Gasteiger partial charge on any atom is 0.434 e. The molecule has 1 amide bonds. The van der Waals surface area contributed by atoms with Crippen LogP contribution in [0.3, 0.4) is 0 Å². The highest BCUT2D eigenvalue weighted by atomic mass is 19.4. The average molecular weight is 484 g/mol.